The van der Waals surface area contributed by atoms with E-state index in [-0.39, 0.29) is 5.69 Å². The summed E-state index contributed by atoms with van der Waals surface area (Å²) in [6.45, 7) is 3.09. The van der Waals surface area contributed by atoms with Crippen LogP contribution in [0.4, 0.5) is 0 Å². The van der Waals surface area contributed by atoms with Crippen LogP contribution >= 0.6 is 0 Å². The van der Waals surface area contributed by atoms with Gasteiger partial charge in [-0.3, -0.25) is 9.88 Å². The Hall–Kier alpha value is -1.14. The van der Waals surface area contributed by atoms with E-state index >= 15 is 0 Å². The van der Waals surface area contributed by atoms with Crippen LogP contribution in [0, 0.1) is 0 Å². The Bertz CT molecular complexity index is 479. The molecule has 2 aliphatic heterocycles. The van der Waals surface area contributed by atoms with Crippen molar-refractivity contribution in [3.8, 4) is 0 Å². The highest BCUT2D eigenvalue weighted by atomic mass is 16.1. The Morgan fingerprint density at radius 3 is 2.78 bits per heavy atom. The molecule has 2 bridgehead atoms. The fourth-order valence-corrected chi connectivity index (χ4v) is 3.30. The third kappa shape index (κ3) is 2.10. The van der Waals surface area contributed by atoms with Crippen LogP contribution in [0.3, 0.4) is 0 Å². The largest absolute Gasteiger partial charge is 0.343 e. The molecule has 0 amide bonds. The predicted octanol–water partition coefficient (Wildman–Crippen LogP) is -0.223. The van der Waals surface area contributed by atoms with E-state index in [2.05, 4.69) is 26.9 Å². The molecule has 100 valence electrons. The number of H-pyrrole nitrogens is 1. The molecule has 1 aromatic heterocycles. The summed E-state index contributed by atoms with van der Waals surface area (Å²) in [5.74, 6) is 0.795. The first kappa shape index (κ1) is 11.9. The quantitative estimate of drug-likeness (QED) is 0.789. The van der Waals surface area contributed by atoms with Crippen LogP contribution in [0.15, 0.2) is 4.79 Å². The van der Waals surface area contributed by atoms with E-state index < -0.39 is 0 Å². The van der Waals surface area contributed by atoms with Crippen molar-refractivity contribution >= 4 is 0 Å². The van der Waals surface area contributed by atoms with Gasteiger partial charge in [0, 0.05) is 25.7 Å². The van der Waals surface area contributed by atoms with Crippen molar-refractivity contribution in [1.29, 1.82) is 0 Å². The normalized spacial score (nSPS) is 29.7. The SMILES string of the molecule is CN1CC[C@@H]2CC[C@H](C1)N2Cc1nn(C)c(=O)[nH]1. The zero-order chi connectivity index (χ0) is 12.7. The average molecular weight is 251 g/mol. The first-order valence-electron chi connectivity index (χ1n) is 6.70. The molecule has 0 saturated carbocycles. The fourth-order valence-electron chi connectivity index (χ4n) is 3.30. The molecule has 2 aliphatic rings. The second kappa shape index (κ2) is 4.51. The van der Waals surface area contributed by atoms with Crippen LogP contribution in [0.5, 0.6) is 0 Å². The molecule has 0 unspecified atom stereocenters. The molecular weight excluding hydrogens is 230 g/mol. The van der Waals surface area contributed by atoms with Crippen molar-refractivity contribution in [2.24, 2.45) is 7.05 Å². The zero-order valence-electron chi connectivity index (χ0n) is 11.1. The predicted molar refractivity (Wildman–Crippen MR) is 68.3 cm³/mol. The number of nitrogens with zero attached hydrogens (tertiary/aromatic N) is 4. The molecule has 2 atom stereocenters. The van der Waals surface area contributed by atoms with Crippen LogP contribution in [-0.2, 0) is 13.6 Å². The molecule has 2 saturated heterocycles. The molecule has 0 radical (unpaired) electrons. The molecule has 3 rings (SSSR count). The number of aryl methyl sites for hydroxylation is 1. The minimum absolute atomic E-state index is 0.121. The van der Waals surface area contributed by atoms with E-state index in [1.807, 2.05) is 0 Å². The highest BCUT2D eigenvalue weighted by Crippen LogP contribution is 2.30. The van der Waals surface area contributed by atoms with E-state index in [1.54, 1.807) is 7.05 Å². The Kier molecular flexibility index (Phi) is 2.99. The first-order valence-corrected chi connectivity index (χ1v) is 6.70. The van der Waals surface area contributed by atoms with Crippen molar-refractivity contribution in [2.75, 3.05) is 20.1 Å². The maximum Gasteiger partial charge on any atom is 0.343 e. The highest BCUT2D eigenvalue weighted by molar-refractivity contribution is 4.95. The monoisotopic (exact) mass is 251 g/mol. The number of aromatic nitrogens is 3. The number of hydrogen-bond acceptors (Lipinski definition) is 4. The number of likely N-dealkylation sites (tertiary alicyclic amines) is 1. The van der Waals surface area contributed by atoms with E-state index in [0.717, 1.165) is 18.9 Å². The molecular formula is C12H21N5O. The number of rotatable bonds is 2. The third-order valence-electron chi connectivity index (χ3n) is 4.29. The van der Waals surface area contributed by atoms with Crippen molar-refractivity contribution in [2.45, 2.75) is 37.9 Å². The van der Waals surface area contributed by atoms with Crippen molar-refractivity contribution in [3.05, 3.63) is 16.3 Å². The summed E-state index contributed by atoms with van der Waals surface area (Å²) in [5, 5.41) is 4.24. The molecule has 6 heteroatoms. The van der Waals surface area contributed by atoms with E-state index in [9.17, 15) is 4.79 Å². The lowest BCUT2D eigenvalue weighted by molar-refractivity contribution is 0.179. The van der Waals surface area contributed by atoms with Gasteiger partial charge in [0.1, 0.15) is 5.82 Å². The topological polar surface area (TPSA) is 57.2 Å². The maximum absolute atomic E-state index is 11.4. The van der Waals surface area contributed by atoms with Gasteiger partial charge in [0.25, 0.3) is 0 Å². The van der Waals surface area contributed by atoms with Gasteiger partial charge >= 0.3 is 5.69 Å². The van der Waals surface area contributed by atoms with E-state index in [0.29, 0.717) is 12.1 Å². The smallest absolute Gasteiger partial charge is 0.305 e. The number of fused-ring (bicyclic) bond motifs is 2. The fraction of sp³-hybridized carbons (Fsp3) is 0.833. The van der Waals surface area contributed by atoms with Crippen LogP contribution in [0.2, 0.25) is 0 Å². The highest BCUT2D eigenvalue weighted by Gasteiger charge is 2.36. The molecule has 0 spiro atoms. The minimum Gasteiger partial charge on any atom is -0.305 e. The molecule has 1 aromatic rings. The van der Waals surface area contributed by atoms with Gasteiger partial charge in [0.05, 0.1) is 6.54 Å². The Morgan fingerprint density at radius 2 is 2.06 bits per heavy atom. The summed E-state index contributed by atoms with van der Waals surface area (Å²) in [5.41, 5.74) is -0.121. The zero-order valence-corrected chi connectivity index (χ0v) is 11.1. The molecule has 18 heavy (non-hydrogen) atoms. The lowest BCUT2D eigenvalue weighted by atomic mass is 10.1. The maximum atomic E-state index is 11.4. The van der Waals surface area contributed by atoms with Gasteiger partial charge < -0.3 is 4.90 Å². The van der Waals surface area contributed by atoms with Crippen molar-refractivity contribution in [1.82, 2.24) is 24.6 Å². The van der Waals surface area contributed by atoms with Crippen molar-refractivity contribution < 1.29 is 0 Å². The average Bonchev–Trinajstić information content (AvgIpc) is 2.76. The summed E-state index contributed by atoms with van der Waals surface area (Å²) in [6.07, 6.45) is 3.78. The number of aromatic amines is 1. The minimum atomic E-state index is -0.121. The molecule has 0 aliphatic carbocycles. The van der Waals surface area contributed by atoms with Crippen LogP contribution in [0.1, 0.15) is 25.1 Å². The molecule has 2 fully saturated rings. The van der Waals surface area contributed by atoms with Gasteiger partial charge in [-0.05, 0) is 32.9 Å². The summed E-state index contributed by atoms with van der Waals surface area (Å²) in [7, 11) is 3.88. The summed E-state index contributed by atoms with van der Waals surface area (Å²) in [4.78, 5) is 19.2. The lowest BCUT2D eigenvalue weighted by Crippen LogP contribution is -2.38. The van der Waals surface area contributed by atoms with Gasteiger partial charge in [-0.15, -0.1) is 0 Å². The second-order valence-corrected chi connectivity index (χ2v) is 5.61. The molecule has 6 nitrogen and oxygen atoms in total. The molecule has 3 heterocycles. The number of nitrogens with one attached hydrogen (secondary N) is 1. The first-order chi connectivity index (χ1) is 8.63. The Balaban J connectivity index is 1.77. The van der Waals surface area contributed by atoms with Crippen LogP contribution < -0.4 is 5.69 Å². The van der Waals surface area contributed by atoms with Crippen molar-refractivity contribution in [3.63, 3.8) is 0 Å². The second-order valence-electron chi connectivity index (χ2n) is 5.61. The van der Waals surface area contributed by atoms with Crippen LogP contribution in [0.25, 0.3) is 0 Å². The van der Waals surface area contributed by atoms with Crippen LogP contribution in [-0.4, -0.2) is 56.8 Å². The summed E-state index contributed by atoms with van der Waals surface area (Å²) >= 11 is 0. The Morgan fingerprint density at radius 1 is 1.28 bits per heavy atom. The summed E-state index contributed by atoms with van der Waals surface area (Å²) in [6, 6.07) is 1.28. The summed E-state index contributed by atoms with van der Waals surface area (Å²) < 4.78 is 1.38. The number of likely N-dealkylation sites (N-methyl/N-ethyl adjacent to an activating group) is 1. The van der Waals surface area contributed by atoms with E-state index in [1.165, 1.54) is 30.5 Å². The number of hydrogen-bond donors (Lipinski definition) is 1. The van der Waals surface area contributed by atoms with E-state index in [4.69, 9.17) is 0 Å². The standard InChI is InChI=1S/C12H21N5O/c1-15-6-5-9-3-4-10(7-15)17(9)8-11-13-12(18)16(2)14-11/h9-10H,3-8H2,1-2H3,(H,13,14,18)/t9-,10+/m0/s1. The molecule has 1 N–H and O–H groups in total. The third-order valence-corrected chi connectivity index (χ3v) is 4.29. The van der Waals surface area contributed by atoms with Gasteiger partial charge in [-0.1, -0.05) is 0 Å². The van der Waals surface area contributed by atoms with Gasteiger partial charge in [0.15, 0.2) is 0 Å². The lowest BCUT2D eigenvalue weighted by Gasteiger charge is -2.26. The van der Waals surface area contributed by atoms with Gasteiger partial charge in [-0.25, -0.2) is 9.48 Å². The molecule has 0 aromatic carbocycles. The van der Waals surface area contributed by atoms with Gasteiger partial charge in [-0.2, -0.15) is 5.10 Å². The Labute approximate surface area is 107 Å². The van der Waals surface area contributed by atoms with Gasteiger partial charge in [0.2, 0.25) is 0 Å².